The number of rotatable bonds is 8. The summed E-state index contributed by atoms with van der Waals surface area (Å²) in [4.78, 5) is 39.5. The number of hydrogen-bond donors (Lipinski definition) is 2. The first-order valence-electron chi connectivity index (χ1n) is 11.6. The summed E-state index contributed by atoms with van der Waals surface area (Å²) < 4.78 is 11.2. The molecule has 2 aromatic carbocycles. The van der Waals surface area contributed by atoms with Gasteiger partial charge in [-0.25, -0.2) is 4.79 Å². The molecule has 0 saturated heterocycles. The lowest BCUT2D eigenvalue weighted by molar-refractivity contribution is -0.143. The van der Waals surface area contributed by atoms with Gasteiger partial charge in [0, 0.05) is 17.5 Å². The minimum atomic E-state index is -1.52. The molecule has 3 N–H and O–H groups in total. The van der Waals surface area contributed by atoms with E-state index in [4.69, 9.17) is 15.2 Å². The number of carbonyl (C=O) groups is 3. The standard InChI is InChI=1S/C27H34N2O6/c1-16(2)13-27(25(32)33)14-18-20(8-7-9-21(18)35-15-23(28)30)29(27)24(31)17-10-11-19(26(3,4)5)22(12-17)34-6/h7-12,16H,13-15H2,1-6H3,(H2,28,30)(H,32,33). The number of hydrogen-bond acceptors (Lipinski definition) is 5. The van der Waals surface area contributed by atoms with Gasteiger partial charge in [-0.15, -0.1) is 0 Å². The minimum Gasteiger partial charge on any atom is -0.496 e. The van der Waals surface area contributed by atoms with Gasteiger partial charge < -0.3 is 20.3 Å². The Kier molecular flexibility index (Phi) is 7.15. The number of benzene rings is 2. The average Bonchev–Trinajstić information content (AvgIpc) is 3.10. The topological polar surface area (TPSA) is 119 Å². The maximum atomic E-state index is 14.0. The van der Waals surface area contributed by atoms with Crippen LogP contribution in [0.3, 0.4) is 0 Å². The van der Waals surface area contributed by atoms with Crippen molar-refractivity contribution in [2.24, 2.45) is 11.7 Å². The molecule has 0 aliphatic carbocycles. The molecule has 1 aliphatic rings. The van der Waals surface area contributed by atoms with Gasteiger partial charge in [0.05, 0.1) is 12.8 Å². The first-order valence-corrected chi connectivity index (χ1v) is 11.6. The van der Waals surface area contributed by atoms with Gasteiger partial charge >= 0.3 is 5.97 Å². The van der Waals surface area contributed by atoms with Gasteiger partial charge in [-0.2, -0.15) is 0 Å². The van der Waals surface area contributed by atoms with Crippen LogP contribution in [0.1, 0.15) is 62.5 Å². The summed E-state index contributed by atoms with van der Waals surface area (Å²) in [7, 11) is 1.55. The molecule has 0 aromatic heterocycles. The van der Waals surface area contributed by atoms with Crippen molar-refractivity contribution >= 4 is 23.5 Å². The molecule has 0 radical (unpaired) electrons. The molecule has 1 aliphatic heterocycles. The molecular weight excluding hydrogens is 448 g/mol. The summed E-state index contributed by atoms with van der Waals surface area (Å²) >= 11 is 0. The molecule has 3 rings (SSSR count). The maximum absolute atomic E-state index is 14.0. The lowest BCUT2D eigenvalue weighted by atomic mass is 9.84. The van der Waals surface area contributed by atoms with Crippen molar-refractivity contribution in [1.29, 1.82) is 0 Å². The van der Waals surface area contributed by atoms with Crippen molar-refractivity contribution in [1.82, 2.24) is 0 Å². The van der Waals surface area contributed by atoms with Crippen LogP contribution in [0.15, 0.2) is 36.4 Å². The quantitative estimate of drug-likeness (QED) is 0.588. The van der Waals surface area contributed by atoms with Crippen LogP contribution in [-0.2, 0) is 21.4 Å². The smallest absolute Gasteiger partial charge is 0.330 e. The van der Waals surface area contributed by atoms with Crippen molar-refractivity contribution in [3.8, 4) is 11.5 Å². The lowest BCUT2D eigenvalue weighted by Crippen LogP contribution is -2.56. The molecule has 0 bridgehead atoms. The zero-order chi connectivity index (χ0) is 26.1. The first kappa shape index (κ1) is 26.1. The van der Waals surface area contributed by atoms with Crippen molar-refractivity contribution < 1.29 is 29.0 Å². The molecule has 188 valence electrons. The summed E-state index contributed by atoms with van der Waals surface area (Å²) in [5.74, 6) is -1.31. The van der Waals surface area contributed by atoms with Crippen molar-refractivity contribution in [3.63, 3.8) is 0 Å². The number of carbonyl (C=O) groups excluding carboxylic acids is 2. The Bertz CT molecular complexity index is 1150. The Hall–Kier alpha value is -3.55. The molecule has 0 saturated carbocycles. The molecule has 1 atom stereocenters. The van der Waals surface area contributed by atoms with Gasteiger partial charge in [-0.1, -0.05) is 46.8 Å². The van der Waals surface area contributed by atoms with Crippen LogP contribution in [-0.4, -0.2) is 42.1 Å². The number of anilines is 1. The predicted molar refractivity (Wildman–Crippen MR) is 133 cm³/mol. The van der Waals surface area contributed by atoms with E-state index in [0.717, 1.165) is 5.56 Å². The summed E-state index contributed by atoms with van der Waals surface area (Å²) in [6, 6.07) is 10.2. The van der Waals surface area contributed by atoms with E-state index in [0.29, 0.717) is 28.3 Å². The maximum Gasteiger partial charge on any atom is 0.330 e. The lowest BCUT2D eigenvalue weighted by Gasteiger charge is -2.36. The Balaban J connectivity index is 2.18. The Morgan fingerprint density at radius 2 is 1.83 bits per heavy atom. The minimum absolute atomic E-state index is 0.0106. The highest BCUT2D eigenvalue weighted by atomic mass is 16.5. The SMILES string of the molecule is COc1cc(C(=O)N2c3cccc(OCC(N)=O)c3CC2(CC(C)C)C(=O)O)ccc1C(C)(C)C. The average molecular weight is 483 g/mol. The van der Waals surface area contributed by atoms with Crippen molar-refractivity contribution in [2.75, 3.05) is 18.6 Å². The van der Waals surface area contributed by atoms with E-state index < -0.39 is 23.3 Å². The Labute approximate surface area is 206 Å². The number of fused-ring (bicyclic) bond motifs is 1. The number of carboxylic acid groups (broad SMARTS) is 1. The normalized spacial score (nSPS) is 17.3. The Morgan fingerprint density at radius 1 is 1.14 bits per heavy atom. The second kappa shape index (κ2) is 9.60. The molecule has 8 heteroatoms. The zero-order valence-corrected chi connectivity index (χ0v) is 21.2. The van der Waals surface area contributed by atoms with Crippen LogP contribution in [0.5, 0.6) is 11.5 Å². The van der Waals surface area contributed by atoms with E-state index in [-0.39, 0.29) is 30.8 Å². The molecular formula is C27H34N2O6. The van der Waals surface area contributed by atoms with Gasteiger partial charge in [0.15, 0.2) is 6.61 Å². The number of nitrogens with zero attached hydrogens (tertiary/aromatic N) is 1. The summed E-state index contributed by atoms with van der Waals surface area (Å²) in [6.45, 7) is 9.64. The van der Waals surface area contributed by atoms with E-state index in [1.165, 1.54) is 4.90 Å². The molecule has 2 aromatic rings. The van der Waals surface area contributed by atoms with Crippen LogP contribution in [0.25, 0.3) is 0 Å². The van der Waals surface area contributed by atoms with Gasteiger partial charge in [-0.05, 0) is 47.6 Å². The second-order valence-electron chi connectivity index (χ2n) is 10.4. The van der Waals surface area contributed by atoms with E-state index in [9.17, 15) is 19.5 Å². The molecule has 1 unspecified atom stereocenters. The number of nitrogens with two attached hydrogens (primary N) is 1. The fourth-order valence-corrected chi connectivity index (χ4v) is 4.80. The van der Waals surface area contributed by atoms with Gasteiger partial charge in [-0.3, -0.25) is 14.5 Å². The summed E-state index contributed by atoms with van der Waals surface area (Å²) in [6.07, 6.45) is 0.281. The number of aliphatic carboxylic acids is 1. The molecule has 0 fully saturated rings. The summed E-state index contributed by atoms with van der Waals surface area (Å²) in [5.41, 5.74) is 5.78. The van der Waals surface area contributed by atoms with Gasteiger partial charge in [0.25, 0.3) is 11.8 Å². The molecule has 35 heavy (non-hydrogen) atoms. The monoisotopic (exact) mass is 482 g/mol. The second-order valence-corrected chi connectivity index (χ2v) is 10.4. The molecule has 2 amide bonds. The third-order valence-corrected chi connectivity index (χ3v) is 6.22. The molecule has 1 heterocycles. The fraction of sp³-hybridized carbons (Fsp3) is 0.444. The fourth-order valence-electron chi connectivity index (χ4n) is 4.80. The number of ether oxygens (including phenoxy) is 2. The van der Waals surface area contributed by atoms with E-state index in [2.05, 4.69) is 20.8 Å². The zero-order valence-electron chi connectivity index (χ0n) is 21.2. The van der Waals surface area contributed by atoms with E-state index in [1.54, 1.807) is 37.4 Å². The third kappa shape index (κ3) is 4.97. The number of carboxylic acids is 1. The first-order chi connectivity index (χ1) is 16.3. The van der Waals surface area contributed by atoms with Crippen LogP contribution >= 0.6 is 0 Å². The van der Waals surface area contributed by atoms with Crippen LogP contribution in [0.2, 0.25) is 0 Å². The highest BCUT2D eigenvalue weighted by Crippen LogP contribution is 2.47. The predicted octanol–water partition coefficient (Wildman–Crippen LogP) is 3.93. The Morgan fingerprint density at radius 3 is 2.37 bits per heavy atom. The van der Waals surface area contributed by atoms with E-state index in [1.807, 2.05) is 19.9 Å². The largest absolute Gasteiger partial charge is 0.496 e. The van der Waals surface area contributed by atoms with E-state index >= 15 is 0 Å². The van der Waals surface area contributed by atoms with Crippen LogP contribution in [0.4, 0.5) is 5.69 Å². The van der Waals surface area contributed by atoms with Crippen molar-refractivity contribution in [2.45, 2.75) is 58.4 Å². The third-order valence-electron chi connectivity index (χ3n) is 6.22. The number of methoxy groups -OCH3 is 1. The molecule has 0 spiro atoms. The highest BCUT2D eigenvalue weighted by Gasteiger charge is 2.54. The summed E-state index contributed by atoms with van der Waals surface area (Å²) in [5, 5.41) is 10.5. The van der Waals surface area contributed by atoms with Gasteiger partial charge in [0.2, 0.25) is 0 Å². The van der Waals surface area contributed by atoms with Crippen LogP contribution < -0.4 is 20.1 Å². The van der Waals surface area contributed by atoms with Crippen molar-refractivity contribution in [3.05, 3.63) is 53.1 Å². The molecule has 8 nitrogen and oxygen atoms in total. The number of amides is 2. The van der Waals surface area contributed by atoms with Gasteiger partial charge in [0.1, 0.15) is 17.0 Å². The highest BCUT2D eigenvalue weighted by molar-refractivity contribution is 6.13. The van der Waals surface area contributed by atoms with Crippen LogP contribution in [0, 0.1) is 5.92 Å². The number of primary amides is 1.